The van der Waals surface area contributed by atoms with Gasteiger partial charge < -0.3 is 31.9 Å². The molecule has 0 aliphatic heterocycles. The Morgan fingerprint density at radius 1 is 0.865 bits per heavy atom. The zero-order valence-electron chi connectivity index (χ0n) is 21.4. The van der Waals surface area contributed by atoms with E-state index in [1.54, 1.807) is 24.3 Å². The molecular weight excluding hydrogens is 500 g/mol. The topological polar surface area (TPSA) is 188 Å². The number of thioether (sulfide) groups is 1. The predicted octanol–water partition coefficient (Wildman–Crippen LogP) is 0.759. The van der Waals surface area contributed by atoms with Crippen molar-refractivity contribution in [2.45, 2.75) is 70.1 Å². The molecule has 37 heavy (non-hydrogen) atoms. The maximum absolute atomic E-state index is 13.1. The molecule has 7 N–H and O–H groups in total. The second-order valence-corrected chi connectivity index (χ2v) is 10.1. The minimum Gasteiger partial charge on any atom is -0.481 e. The summed E-state index contributed by atoms with van der Waals surface area (Å²) in [7, 11) is 0. The lowest BCUT2D eigenvalue weighted by Crippen LogP contribution is -2.57. The van der Waals surface area contributed by atoms with Gasteiger partial charge in [0.05, 0.1) is 6.04 Å². The van der Waals surface area contributed by atoms with Gasteiger partial charge in [0.2, 0.25) is 17.7 Å². The highest BCUT2D eigenvalue weighted by Crippen LogP contribution is 2.09. The van der Waals surface area contributed by atoms with Crippen LogP contribution < -0.4 is 21.7 Å². The summed E-state index contributed by atoms with van der Waals surface area (Å²) in [6.45, 7) is 3.65. The average molecular weight is 539 g/mol. The van der Waals surface area contributed by atoms with Crippen LogP contribution in [-0.2, 0) is 30.4 Å². The summed E-state index contributed by atoms with van der Waals surface area (Å²) in [5.41, 5.74) is 6.83. The summed E-state index contributed by atoms with van der Waals surface area (Å²) < 4.78 is 0. The van der Waals surface area contributed by atoms with Gasteiger partial charge in [-0.2, -0.15) is 11.8 Å². The third-order valence-corrected chi connectivity index (χ3v) is 6.12. The van der Waals surface area contributed by atoms with E-state index in [2.05, 4.69) is 16.0 Å². The van der Waals surface area contributed by atoms with Crippen LogP contribution in [0.3, 0.4) is 0 Å². The van der Waals surface area contributed by atoms with Gasteiger partial charge in [-0.25, -0.2) is 4.79 Å². The molecule has 3 amide bonds. The zero-order chi connectivity index (χ0) is 28.0. The van der Waals surface area contributed by atoms with Crippen LogP contribution in [0.4, 0.5) is 0 Å². The molecule has 0 spiro atoms. The first-order valence-corrected chi connectivity index (χ1v) is 13.5. The Labute approximate surface area is 221 Å². The van der Waals surface area contributed by atoms with E-state index in [0.29, 0.717) is 5.75 Å². The summed E-state index contributed by atoms with van der Waals surface area (Å²) in [6.07, 6.45) is 1.84. The van der Waals surface area contributed by atoms with Crippen LogP contribution >= 0.6 is 11.8 Å². The smallest absolute Gasteiger partial charge is 0.326 e. The molecule has 0 aliphatic rings. The van der Waals surface area contributed by atoms with E-state index in [1.807, 2.05) is 26.2 Å². The number of carbonyl (C=O) groups is 5. The summed E-state index contributed by atoms with van der Waals surface area (Å²) in [5, 5.41) is 26.1. The molecule has 11 nitrogen and oxygen atoms in total. The van der Waals surface area contributed by atoms with Crippen molar-refractivity contribution in [1.29, 1.82) is 0 Å². The van der Waals surface area contributed by atoms with E-state index in [1.165, 1.54) is 11.8 Å². The Balaban J connectivity index is 2.97. The van der Waals surface area contributed by atoms with E-state index in [4.69, 9.17) is 10.8 Å². The van der Waals surface area contributed by atoms with Crippen molar-refractivity contribution in [3.63, 3.8) is 0 Å². The fourth-order valence-electron chi connectivity index (χ4n) is 3.52. The van der Waals surface area contributed by atoms with Crippen LogP contribution in [0.5, 0.6) is 0 Å². The highest BCUT2D eigenvalue weighted by molar-refractivity contribution is 7.98. The van der Waals surface area contributed by atoms with Gasteiger partial charge >= 0.3 is 11.9 Å². The Hall–Kier alpha value is -3.12. The molecule has 0 radical (unpaired) electrons. The van der Waals surface area contributed by atoms with Crippen molar-refractivity contribution in [1.82, 2.24) is 16.0 Å². The number of rotatable bonds is 17. The minimum absolute atomic E-state index is 0.0105. The molecule has 0 saturated heterocycles. The maximum atomic E-state index is 13.1. The van der Waals surface area contributed by atoms with E-state index in [9.17, 15) is 29.1 Å². The van der Waals surface area contributed by atoms with Gasteiger partial charge in [0.25, 0.3) is 0 Å². The molecule has 0 bridgehead atoms. The van der Waals surface area contributed by atoms with Crippen LogP contribution in [0.1, 0.15) is 45.1 Å². The Morgan fingerprint density at radius 2 is 1.41 bits per heavy atom. The first-order valence-electron chi connectivity index (χ1n) is 12.1. The third-order valence-electron chi connectivity index (χ3n) is 5.48. The predicted molar refractivity (Wildman–Crippen MR) is 141 cm³/mol. The fourth-order valence-corrected chi connectivity index (χ4v) is 3.99. The summed E-state index contributed by atoms with van der Waals surface area (Å²) in [6, 6.07) is 4.62. The SMILES string of the molecule is CSCCC(NC(=O)C(CCC(=O)O)NC(=O)C(N)Cc1ccccc1)C(=O)NC(CC(C)C)C(=O)O. The molecule has 0 saturated carbocycles. The lowest BCUT2D eigenvalue weighted by molar-refractivity contribution is -0.142. The van der Waals surface area contributed by atoms with Gasteiger partial charge in [0.15, 0.2) is 0 Å². The third kappa shape index (κ3) is 12.6. The van der Waals surface area contributed by atoms with Gasteiger partial charge in [-0.3, -0.25) is 19.2 Å². The summed E-state index contributed by atoms with van der Waals surface area (Å²) in [4.78, 5) is 61.4. The van der Waals surface area contributed by atoms with Crippen LogP contribution in [0.15, 0.2) is 30.3 Å². The number of hydrogen-bond donors (Lipinski definition) is 6. The molecule has 1 aromatic rings. The summed E-state index contributed by atoms with van der Waals surface area (Å²) in [5.74, 6) is -3.89. The maximum Gasteiger partial charge on any atom is 0.326 e. The van der Waals surface area contributed by atoms with Crippen molar-refractivity contribution < 1.29 is 34.2 Å². The van der Waals surface area contributed by atoms with Gasteiger partial charge in [-0.15, -0.1) is 0 Å². The molecule has 206 valence electrons. The van der Waals surface area contributed by atoms with E-state index in [0.717, 1.165) is 5.56 Å². The highest BCUT2D eigenvalue weighted by atomic mass is 32.2. The number of hydrogen-bond acceptors (Lipinski definition) is 7. The molecule has 1 rings (SSSR count). The largest absolute Gasteiger partial charge is 0.481 e. The first kappa shape index (κ1) is 31.9. The van der Waals surface area contributed by atoms with Crippen LogP contribution in [0.25, 0.3) is 0 Å². The van der Waals surface area contributed by atoms with Crippen LogP contribution in [-0.4, -0.2) is 76.0 Å². The zero-order valence-corrected chi connectivity index (χ0v) is 22.3. The number of carboxylic acids is 2. The number of aliphatic carboxylic acids is 2. The van der Waals surface area contributed by atoms with Crippen LogP contribution in [0, 0.1) is 5.92 Å². The van der Waals surface area contributed by atoms with Crippen molar-refractivity contribution in [3.05, 3.63) is 35.9 Å². The Morgan fingerprint density at radius 3 is 1.92 bits per heavy atom. The number of carboxylic acid groups (broad SMARTS) is 2. The monoisotopic (exact) mass is 538 g/mol. The number of nitrogens with two attached hydrogens (primary N) is 1. The van der Waals surface area contributed by atoms with Gasteiger partial charge in [-0.1, -0.05) is 44.2 Å². The lowest BCUT2D eigenvalue weighted by atomic mass is 10.0. The standard InChI is InChI=1S/C25H38N4O7S/c1-15(2)13-20(25(35)36)29-24(34)19(11-12-37-3)28-23(33)18(9-10-21(30)31)27-22(32)17(26)14-16-7-5-4-6-8-16/h4-8,15,17-20H,9-14,26H2,1-3H3,(H,27,32)(H,28,33)(H,29,34)(H,30,31)(H,35,36). The van der Waals surface area contributed by atoms with E-state index < -0.39 is 60.2 Å². The van der Waals surface area contributed by atoms with Crippen molar-refractivity contribution in [2.75, 3.05) is 12.0 Å². The van der Waals surface area contributed by atoms with E-state index in [-0.39, 0.29) is 31.6 Å². The van der Waals surface area contributed by atoms with Crippen molar-refractivity contribution >= 4 is 41.4 Å². The second kappa shape index (κ2) is 16.6. The van der Waals surface area contributed by atoms with Gasteiger partial charge in [0.1, 0.15) is 18.1 Å². The van der Waals surface area contributed by atoms with Gasteiger partial charge in [-0.05, 0) is 49.2 Å². The molecule has 12 heteroatoms. The molecule has 0 aliphatic carbocycles. The molecule has 0 fully saturated rings. The molecule has 4 unspecified atom stereocenters. The van der Waals surface area contributed by atoms with E-state index >= 15 is 0 Å². The van der Waals surface area contributed by atoms with Crippen molar-refractivity contribution in [2.24, 2.45) is 11.7 Å². The Bertz CT molecular complexity index is 914. The molecule has 1 aromatic carbocycles. The summed E-state index contributed by atoms with van der Waals surface area (Å²) >= 11 is 1.44. The molecule has 0 heterocycles. The minimum atomic E-state index is -1.25. The van der Waals surface area contributed by atoms with Crippen molar-refractivity contribution in [3.8, 4) is 0 Å². The highest BCUT2D eigenvalue weighted by Gasteiger charge is 2.30. The average Bonchev–Trinajstić information content (AvgIpc) is 2.83. The number of nitrogens with one attached hydrogen (secondary N) is 3. The first-order chi connectivity index (χ1) is 17.4. The Kier molecular flexibility index (Phi) is 14.3. The number of amides is 3. The molecule has 0 aromatic heterocycles. The fraction of sp³-hybridized carbons (Fsp3) is 0.560. The number of carbonyl (C=O) groups excluding carboxylic acids is 3. The number of benzene rings is 1. The van der Waals surface area contributed by atoms with Crippen LogP contribution in [0.2, 0.25) is 0 Å². The molecule has 4 atom stereocenters. The molecular formula is C25H38N4O7S. The second-order valence-electron chi connectivity index (χ2n) is 9.16. The lowest BCUT2D eigenvalue weighted by Gasteiger charge is -2.25. The quantitative estimate of drug-likeness (QED) is 0.166. The van der Waals surface area contributed by atoms with Gasteiger partial charge in [0, 0.05) is 6.42 Å². The normalized spacial score (nSPS) is 14.2.